The minimum atomic E-state index is -4.82. The number of carboxylic acid groups (broad SMARTS) is 1. The van der Waals surface area contributed by atoms with Crippen molar-refractivity contribution < 1.29 is 54.9 Å². The molecule has 1 amide bonds. The second kappa shape index (κ2) is 13.0. The van der Waals surface area contributed by atoms with Crippen molar-refractivity contribution in [3.63, 3.8) is 0 Å². The second-order valence-electron chi connectivity index (χ2n) is 10.1. The maximum Gasteiger partial charge on any atom is 0.419 e. The number of carbonyl (C=O) groups excluding carboxylic acids is 1. The van der Waals surface area contributed by atoms with Crippen molar-refractivity contribution in [3.8, 4) is 23.1 Å². The average molecular weight is 679 g/mol. The van der Waals surface area contributed by atoms with Crippen LogP contribution in [0.3, 0.4) is 0 Å². The van der Waals surface area contributed by atoms with E-state index in [9.17, 15) is 40.7 Å². The number of aromatic carboxylic acids is 1. The number of rotatable bonds is 9. The number of morpholine rings is 1. The largest absolute Gasteiger partial charge is 0.496 e. The van der Waals surface area contributed by atoms with E-state index in [0.717, 1.165) is 46.4 Å². The van der Waals surface area contributed by atoms with Gasteiger partial charge in [0.1, 0.15) is 22.2 Å². The molecule has 0 aliphatic carbocycles. The van der Waals surface area contributed by atoms with Crippen LogP contribution in [0, 0.1) is 12.7 Å². The Hall–Kier alpha value is -5.00. The highest BCUT2D eigenvalue weighted by Gasteiger charge is 2.35. The van der Waals surface area contributed by atoms with E-state index in [1.54, 1.807) is 0 Å². The molecule has 1 saturated heterocycles. The van der Waals surface area contributed by atoms with E-state index in [4.69, 9.17) is 14.2 Å². The Labute approximate surface area is 265 Å². The first-order valence-corrected chi connectivity index (χ1v) is 15.2. The van der Waals surface area contributed by atoms with Gasteiger partial charge in [0.2, 0.25) is 15.9 Å². The van der Waals surface area contributed by atoms with Crippen molar-refractivity contribution in [2.24, 2.45) is 0 Å². The first kappa shape index (κ1) is 33.4. The third kappa shape index (κ3) is 6.91. The molecule has 5 rings (SSSR count). The number of nitrogens with zero attached hydrogens (tertiary/aromatic N) is 3. The van der Waals surface area contributed by atoms with Crippen LogP contribution >= 0.6 is 0 Å². The Morgan fingerprint density at radius 1 is 1.00 bits per heavy atom. The molecule has 0 unspecified atom stereocenters. The zero-order chi connectivity index (χ0) is 34.1. The fourth-order valence-corrected chi connectivity index (χ4v) is 6.28. The second-order valence-corrected chi connectivity index (χ2v) is 12.0. The number of sulfonamides is 1. The minimum Gasteiger partial charge on any atom is -0.496 e. The van der Waals surface area contributed by atoms with Crippen LogP contribution in [0.1, 0.15) is 32.0 Å². The monoisotopic (exact) mass is 678 g/mol. The summed E-state index contributed by atoms with van der Waals surface area (Å²) in [5, 5.41) is 16.2. The Balaban J connectivity index is 1.58. The van der Waals surface area contributed by atoms with Gasteiger partial charge in [-0.2, -0.15) is 27.3 Å². The molecule has 4 aromatic rings. The van der Waals surface area contributed by atoms with Gasteiger partial charge in [0.15, 0.2) is 5.69 Å². The number of alkyl halides is 3. The predicted octanol–water partition coefficient (Wildman–Crippen LogP) is 5.11. The number of amides is 1. The van der Waals surface area contributed by atoms with Gasteiger partial charge in [0.05, 0.1) is 31.6 Å². The molecule has 248 valence electrons. The number of ether oxygens (including phenoxy) is 3. The number of aromatic nitrogens is 2. The van der Waals surface area contributed by atoms with Gasteiger partial charge < -0.3 is 24.6 Å². The average Bonchev–Trinajstić information content (AvgIpc) is 3.37. The van der Waals surface area contributed by atoms with Crippen molar-refractivity contribution in [2.75, 3.05) is 38.7 Å². The fourth-order valence-electron chi connectivity index (χ4n) is 4.74. The van der Waals surface area contributed by atoms with Crippen molar-refractivity contribution in [1.29, 1.82) is 0 Å². The number of hydrogen-bond donors (Lipinski definition) is 2. The zero-order valence-corrected chi connectivity index (χ0v) is 25.5. The number of carboxylic acids is 1. The molecule has 12 nitrogen and oxygen atoms in total. The number of hydrogen-bond acceptors (Lipinski definition) is 8. The normalized spacial score (nSPS) is 14.1. The molecule has 1 aliphatic rings. The Morgan fingerprint density at radius 2 is 1.66 bits per heavy atom. The molecule has 0 spiro atoms. The summed E-state index contributed by atoms with van der Waals surface area (Å²) in [6.45, 7) is 1.56. The minimum absolute atomic E-state index is 0.0138. The van der Waals surface area contributed by atoms with Gasteiger partial charge in [-0.25, -0.2) is 17.6 Å². The quantitative estimate of drug-likeness (QED) is 0.230. The molecule has 0 atom stereocenters. The summed E-state index contributed by atoms with van der Waals surface area (Å²) in [6, 6.07) is 11.1. The Kier molecular flexibility index (Phi) is 9.24. The van der Waals surface area contributed by atoms with E-state index in [-0.39, 0.29) is 60.4 Å². The van der Waals surface area contributed by atoms with Gasteiger partial charge in [-0.05, 0) is 67.6 Å². The molecular formula is C30H26F4N4O8S. The maximum absolute atomic E-state index is 13.9. The van der Waals surface area contributed by atoms with Gasteiger partial charge in [-0.3, -0.25) is 4.79 Å². The number of nitrogens with one attached hydrogen (secondary N) is 1. The SMILES string of the molecule is COc1ccc(C(=O)Nc2ccc(Oc3c(C)c(C(=O)O)nn3-c3ccc(F)cc3)c(S(=O)(=O)N3CCOCC3)c2)cc1C(F)(F)F. The summed E-state index contributed by atoms with van der Waals surface area (Å²) in [6.07, 6.45) is -4.82. The summed E-state index contributed by atoms with van der Waals surface area (Å²) in [5.41, 5.74) is -1.85. The lowest BCUT2D eigenvalue weighted by Crippen LogP contribution is -2.40. The molecule has 1 fully saturated rings. The van der Waals surface area contributed by atoms with Crippen molar-refractivity contribution in [3.05, 3.63) is 88.9 Å². The van der Waals surface area contributed by atoms with Gasteiger partial charge in [0, 0.05) is 29.9 Å². The number of halogens is 4. The van der Waals surface area contributed by atoms with E-state index in [0.29, 0.717) is 6.07 Å². The summed E-state index contributed by atoms with van der Waals surface area (Å²) in [7, 11) is -3.30. The lowest BCUT2D eigenvalue weighted by molar-refractivity contribution is -0.138. The number of benzene rings is 3. The molecule has 0 bridgehead atoms. The van der Waals surface area contributed by atoms with Gasteiger partial charge in [-0.15, -0.1) is 0 Å². The lowest BCUT2D eigenvalue weighted by atomic mass is 10.1. The molecule has 1 aliphatic heterocycles. The van der Waals surface area contributed by atoms with Gasteiger partial charge in [-0.1, -0.05) is 0 Å². The third-order valence-electron chi connectivity index (χ3n) is 7.11. The number of methoxy groups -OCH3 is 1. The van der Waals surface area contributed by atoms with E-state index in [1.165, 1.54) is 31.2 Å². The first-order valence-electron chi connectivity index (χ1n) is 13.8. The van der Waals surface area contributed by atoms with Crippen LogP contribution in [-0.4, -0.2) is 72.9 Å². The first-order chi connectivity index (χ1) is 22.2. The summed E-state index contributed by atoms with van der Waals surface area (Å²) in [4.78, 5) is 24.5. The van der Waals surface area contributed by atoms with Crippen LogP contribution in [0.25, 0.3) is 5.69 Å². The Morgan fingerprint density at radius 3 is 2.28 bits per heavy atom. The molecule has 47 heavy (non-hydrogen) atoms. The number of carbonyl (C=O) groups is 2. The predicted molar refractivity (Wildman–Crippen MR) is 157 cm³/mol. The third-order valence-corrected chi connectivity index (χ3v) is 9.03. The zero-order valence-electron chi connectivity index (χ0n) is 24.7. The van der Waals surface area contributed by atoms with Crippen LogP contribution in [0.2, 0.25) is 0 Å². The molecule has 1 aromatic heterocycles. The standard InChI is InChI=1S/C30H26F4N4O8S/c1-17-26(29(40)41)36-38(21-7-4-19(31)5-8-21)28(17)46-24-10-6-20(16-25(24)47(42,43)37-11-13-45-14-12-37)35-27(39)18-3-9-23(44-2)22(15-18)30(32,33)34/h3-10,15-16H,11-14H2,1-2H3,(H,35,39)(H,40,41). The van der Waals surface area contributed by atoms with Gasteiger partial charge >= 0.3 is 12.1 Å². The summed E-state index contributed by atoms with van der Waals surface area (Å²) >= 11 is 0. The molecule has 2 N–H and O–H groups in total. The van der Waals surface area contributed by atoms with Crippen molar-refractivity contribution in [1.82, 2.24) is 14.1 Å². The summed E-state index contributed by atoms with van der Waals surface area (Å²) in [5.74, 6) is -3.92. The van der Waals surface area contributed by atoms with Crippen LogP contribution in [0.4, 0.5) is 23.2 Å². The van der Waals surface area contributed by atoms with E-state index in [2.05, 4.69) is 10.4 Å². The lowest BCUT2D eigenvalue weighted by Gasteiger charge is -2.27. The smallest absolute Gasteiger partial charge is 0.419 e. The number of anilines is 1. The van der Waals surface area contributed by atoms with Crippen LogP contribution in [0.15, 0.2) is 65.6 Å². The van der Waals surface area contributed by atoms with Gasteiger partial charge in [0.25, 0.3) is 5.91 Å². The van der Waals surface area contributed by atoms with E-state index >= 15 is 0 Å². The van der Waals surface area contributed by atoms with Crippen LogP contribution < -0.4 is 14.8 Å². The fraction of sp³-hybridized carbons (Fsp3) is 0.233. The van der Waals surface area contributed by atoms with Crippen molar-refractivity contribution in [2.45, 2.75) is 18.0 Å². The maximum atomic E-state index is 13.9. The van der Waals surface area contributed by atoms with Crippen molar-refractivity contribution >= 4 is 27.6 Å². The highest BCUT2D eigenvalue weighted by Crippen LogP contribution is 2.38. The van der Waals surface area contributed by atoms with Crippen LogP contribution in [-0.2, 0) is 20.9 Å². The highest BCUT2D eigenvalue weighted by atomic mass is 32.2. The molecule has 0 saturated carbocycles. The molecule has 2 heterocycles. The Bertz CT molecular complexity index is 1940. The highest BCUT2D eigenvalue weighted by molar-refractivity contribution is 7.89. The summed E-state index contributed by atoms with van der Waals surface area (Å²) < 4.78 is 100. The molecular weight excluding hydrogens is 652 g/mol. The van der Waals surface area contributed by atoms with E-state index in [1.807, 2.05) is 0 Å². The van der Waals surface area contributed by atoms with E-state index < -0.39 is 55.8 Å². The molecule has 17 heteroatoms. The molecule has 3 aromatic carbocycles. The van der Waals surface area contributed by atoms with Crippen LogP contribution in [0.5, 0.6) is 17.4 Å². The molecule has 0 radical (unpaired) electrons. The topological polar surface area (TPSA) is 149 Å².